The van der Waals surface area contributed by atoms with E-state index in [2.05, 4.69) is 4.74 Å². The first-order chi connectivity index (χ1) is 15.2. The largest absolute Gasteiger partial charge is 0.465 e. The molecule has 1 aromatic heterocycles. The highest BCUT2D eigenvalue weighted by Crippen LogP contribution is 2.24. The van der Waals surface area contributed by atoms with Crippen LogP contribution in [-0.4, -0.2) is 28.8 Å². The third-order valence-electron chi connectivity index (χ3n) is 4.76. The molecule has 0 aliphatic carbocycles. The van der Waals surface area contributed by atoms with Gasteiger partial charge in [0.1, 0.15) is 6.61 Å². The number of hydrogen-bond donors (Lipinski definition) is 0. The monoisotopic (exact) mass is 412 g/mol. The fourth-order valence-electron chi connectivity index (χ4n) is 3.15. The number of para-hydroxylation sites is 1. The molecule has 31 heavy (non-hydrogen) atoms. The molecule has 154 valence electrons. The van der Waals surface area contributed by atoms with E-state index in [0.717, 1.165) is 22.5 Å². The highest BCUT2D eigenvalue weighted by atomic mass is 16.5. The molecular formula is C25H20N2O4. The molecular weight excluding hydrogens is 392 g/mol. The quantitative estimate of drug-likeness (QED) is 0.430. The molecule has 3 aromatic carbocycles. The summed E-state index contributed by atoms with van der Waals surface area (Å²) in [6, 6.07) is 25.6. The Morgan fingerprint density at radius 1 is 0.806 bits per heavy atom. The topological polar surface area (TPSA) is 70.4 Å². The van der Waals surface area contributed by atoms with Crippen molar-refractivity contribution in [3.05, 3.63) is 108 Å². The van der Waals surface area contributed by atoms with Crippen LogP contribution < -0.4 is 0 Å². The molecule has 0 fully saturated rings. The third kappa shape index (κ3) is 4.53. The van der Waals surface area contributed by atoms with Crippen LogP contribution in [0.2, 0.25) is 0 Å². The lowest BCUT2D eigenvalue weighted by atomic mass is 10.1. The van der Waals surface area contributed by atoms with Gasteiger partial charge in [-0.15, -0.1) is 0 Å². The average molecular weight is 412 g/mol. The Labute approximate surface area is 179 Å². The van der Waals surface area contributed by atoms with Gasteiger partial charge in [0, 0.05) is 17.3 Å². The fraction of sp³-hybridized carbons (Fsp3) is 0.0800. The van der Waals surface area contributed by atoms with Crippen molar-refractivity contribution in [2.75, 3.05) is 7.11 Å². The minimum absolute atomic E-state index is 0.0641. The average Bonchev–Trinajstić information content (AvgIpc) is 3.27. The SMILES string of the molecule is COC(=O)c1ccc(C(=O)OCc2cn(-c3ccccc3)nc2-c2ccccc2)cc1. The molecule has 0 unspecified atom stereocenters. The van der Waals surface area contributed by atoms with Crippen molar-refractivity contribution in [1.29, 1.82) is 0 Å². The van der Waals surface area contributed by atoms with Gasteiger partial charge in [0.2, 0.25) is 0 Å². The zero-order valence-corrected chi connectivity index (χ0v) is 16.9. The second kappa shape index (κ2) is 9.09. The molecule has 4 aromatic rings. The lowest BCUT2D eigenvalue weighted by molar-refractivity contribution is 0.0472. The molecule has 6 heteroatoms. The molecule has 0 amide bonds. The van der Waals surface area contributed by atoms with Gasteiger partial charge in [0.25, 0.3) is 0 Å². The maximum atomic E-state index is 12.5. The Morgan fingerprint density at radius 2 is 1.39 bits per heavy atom. The molecule has 1 heterocycles. The van der Waals surface area contributed by atoms with E-state index in [1.165, 1.54) is 19.2 Å². The summed E-state index contributed by atoms with van der Waals surface area (Å²) in [5.41, 5.74) is 4.10. The van der Waals surface area contributed by atoms with Crippen LogP contribution >= 0.6 is 0 Å². The van der Waals surface area contributed by atoms with Gasteiger partial charge in [-0.3, -0.25) is 0 Å². The second-order valence-electron chi connectivity index (χ2n) is 6.79. The van der Waals surface area contributed by atoms with Crippen LogP contribution in [0.4, 0.5) is 0 Å². The van der Waals surface area contributed by atoms with Gasteiger partial charge in [-0.25, -0.2) is 14.3 Å². The molecule has 0 atom stereocenters. The van der Waals surface area contributed by atoms with Gasteiger partial charge in [-0.2, -0.15) is 5.10 Å². The Balaban J connectivity index is 1.56. The minimum Gasteiger partial charge on any atom is -0.465 e. The van der Waals surface area contributed by atoms with Crippen molar-refractivity contribution < 1.29 is 19.1 Å². The Kier molecular flexibility index (Phi) is 5.89. The second-order valence-corrected chi connectivity index (χ2v) is 6.79. The molecule has 0 aliphatic rings. The number of esters is 2. The summed E-state index contributed by atoms with van der Waals surface area (Å²) in [6.45, 7) is 0.0641. The number of nitrogens with zero attached hydrogens (tertiary/aromatic N) is 2. The lowest BCUT2D eigenvalue weighted by Gasteiger charge is -2.06. The van der Waals surface area contributed by atoms with E-state index in [4.69, 9.17) is 9.84 Å². The van der Waals surface area contributed by atoms with E-state index in [1.54, 1.807) is 16.8 Å². The summed E-state index contributed by atoms with van der Waals surface area (Å²) < 4.78 is 12.0. The van der Waals surface area contributed by atoms with E-state index in [-0.39, 0.29) is 6.61 Å². The predicted molar refractivity (Wildman–Crippen MR) is 116 cm³/mol. The van der Waals surface area contributed by atoms with E-state index < -0.39 is 11.9 Å². The Bertz CT molecular complexity index is 1180. The molecule has 4 rings (SSSR count). The van der Waals surface area contributed by atoms with Crippen molar-refractivity contribution >= 4 is 11.9 Å². The van der Waals surface area contributed by atoms with Crippen LogP contribution in [0.3, 0.4) is 0 Å². The van der Waals surface area contributed by atoms with Gasteiger partial charge in [0.05, 0.1) is 29.6 Å². The molecule has 0 saturated heterocycles. The number of carbonyl (C=O) groups excluding carboxylic acids is 2. The van der Waals surface area contributed by atoms with Crippen LogP contribution in [-0.2, 0) is 16.1 Å². The number of methoxy groups -OCH3 is 1. The van der Waals surface area contributed by atoms with Crippen LogP contribution in [0.5, 0.6) is 0 Å². The normalized spacial score (nSPS) is 10.5. The molecule has 0 radical (unpaired) electrons. The molecule has 0 saturated carbocycles. The summed E-state index contributed by atoms with van der Waals surface area (Å²) in [6.07, 6.45) is 1.87. The predicted octanol–water partition coefficient (Wildman–Crippen LogP) is 4.68. The molecule has 0 spiro atoms. The number of aromatic nitrogens is 2. The standard InChI is InChI=1S/C25H20N2O4/c1-30-24(28)19-12-14-20(15-13-19)25(29)31-17-21-16-27(22-10-6-3-7-11-22)26-23(21)18-8-4-2-5-9-18/h2-16H,17H2,1H3. The molecule has 0 aliphatic heterocycles. The first-order valence-corrected chi connectivity index (χ1v) is 9.70. The van der Waals surface area contributed by atoms with Crippen LogP contribution in [0.25, 0.3) is 16.9 Å². The minimum atomic E-state index is -0.483. The number of benzene rings is 3. The zero-order chi connectivity index (χ0) is 21.6. The van der Waals surface area contributed by atoms with Crippen LogP contribution in [0.1, 0.15) is 26.3 Å². The number of rotatable bonds is 6. The van der Waals surface area contributed by atoms with Crippen molar-refractivity contribution in [2.45, 2.75) is 6.61 Å². The first kappa shape index (κ1) is 20.1. The van der Waals surface area contributed by atoms with Gasteiger partial charge >= 0.3 is 11.9 Å². The third-order valence-corrected chi connectivity index (χ3v) is 4.76. The Morgan fingerprint density at radius 3 is 2.00 bits per heavy atom. The summed E-state index contributed by atoms with van der Waals surface area (Å²) in [4.78, 5) is 24.1. The smallest absolute Gasteiger partial charge is 0.338 e. The molecule has 0 bridgehead atoms. The summed E-state index contributed by atoms with van der Waals surface area (Å²) in [7, 11) is 1.31. The molecule has 6 nitrogen and oxygen atoms in total. The van der Waals surface area contributed by atoms with Gasteiger partial charge < -0.3 is 9.47 Å². The zero-order valence-electron chi connectivity index (χ0n) is 16.9. The fourth-order valence-corrected chi connectivity index (χ4v) is 3.15. The van der Waals surface area contributed by atoms with Crippen LogP contribution in [0.15, 0.2) is 91.1 Å². The van der Waals surface area contributed by atoms with Gasteiger partial charge in [0.15, 0.2) is 0 Å². The summed E-state index contributed by atoms with van der Waals surface area (Å²) >= 11 is 0. The van der Waals surface area contributed by atoms with Gasteiger partial charge in [-0.05, 0) is 36.4 Å². The molecule has 0 N–H and O–H groups in total. The number of ether oxygens (including phenoxy) is 2. The first-order valence-electron chi connectivity index (χ1n) is 9.70. The van der Waals surface area contributed by atoms with E-state index >= 15 is 0 Å². The highest BCUT2D eigenvalue weighted by molar-refractivity contribution is 5.93. The summed E-state index contributed by atoms with van der Waals surface area (Å²) in [5, 5.41) is 4.72. The highest BCUT2D eigenvalue weighted by Gasteiger charge is 2.15. The van der Waals surface area contributed by atoms with Gasteiger partial charge in [-0.1, -0.05) is 48.5 Å². The van der Waals surface area contributed by atoms with Crippen molar-refractivity contribution in [3.8, 4) is 16.9 Å². The van der Waals surface area contributed by atoms with Crippen molar-refractivity contribution in [2.24, 2.45) is 0 Å². The lowest BCUT2D eigenvalue weighted by Crippen LogP contribution is -2.07. The van der Waals surface area contributed by atoms with Crippen molar-refractivity contribution in [3.63, 3.8) is 0 Å². The maximum absolute atomic E-state index is 12.5. The number of carbonyl (C=O) groups is 2. The van der Waals surface area contributed by atoms with Crippen molar-refractivity contribution in [1.82, 2.24) is 9.78 Å². The maximum Gasteiger partial charge on any atom is 0.338 e. The van der Waals surface area contributed by atoms with E-state index in [1.807, 2.05) is 66.9 Å². The summed E-state index contributed by atoms with van der Waals surface area (Å²) in [5.74, 6) is -0.941. The Hall–Kier alpha value is -4.19. The number of hydrogen-bond acceptors (Lipinski definition) is 5. The van der Waals surface area contributed by atoms with E-state index in [0.29, 0.717) is 11.1 Å². The van der Waals surface area contributed by atoms with Crippen LogP contribution in [0, 0.1) is 0 Å². The van der Waals surface area contributed by atoms with E-state index in [9.17, 15) is 9.59 Å².